The molecule has 0 fully saturated rings. The molecule has 0 aliphatic carbocycles. The maximum Gasteiger partial charge on any atom is 0.181 e. The molecule has 0 bridgehead atoms. The number of fused-ring (bicyclic) bond motifs is 1. The number of nitrogen functional groups attached to an aromatic ring is 1. The molecule has 0 amide bonds. The molecule has 1 aromatic heterocycles. The molecule has 0 aliphatic heterocycles. The Hall–Kier alpha value is -0.710. The van der Waals surface area contributed by atoms with Gasteiger partial charge in [-0.15, -0.1) is 0 Å². The number of aromatic nitrogens is 1. The van der Waals surface area contributed by atoms with Crippen molar-refractivity contribution < 1.29 is 4.74 Å². The van der Waals surface area contributed by atoms with Crippen molar-refractivity contribution in [3.8, 4) is 5.75 Å². The number of hydrogen-bond acceptors (Lipinski definition) is 4. The van der Waals surface area contributed by atoms with E-state index >= 15 is 0 Å². The number of methoxy groups -OCH3 is 1. The van der Waals surface area contributed by atoms with Crippen molar-refractivity contribution in [3.63, 3.8) is 0 Å². The van der Waals surface area contributed by atoms with Crippen molar-refractivity contribution in [1.29, 1.82) is 0 Å². The number of nitrogens with two attached hydrogens (primary N) is 1. The molecule has 6 heteroatoms. The van der Waals surface area contributed by atoms with Gasteiger partial charge in [0.15, 0.2) is 10.9 Å². The Morgan fingerprint density at radius 2 is 2.21 bits per heavy atom. The van der Waals surface area contributed by atoms with E-state index in [4.69, 9.17) is 33.7 Å². The summed E-state index contributed by atoms with van der Waals surface area (Å²) in [6, 6.07) is 1.69. The Morgan fingerprint density at radius 1 is 1.50 bits per heavy atom. The van der Waals surface area contributed by atoms with Crippen LogP contribution in [0.3, 0.4) is 0 Å². The molecule has 0 saturated carbocycles. The van der Waals surface area contributed by atoms with Gasteiger partial charge in [0.25, 0.3) is 0 Å². The molecule has 0 aliphatic rings. The van der Waals surface area contributed by atoms with Crippen molar-refractivity contribution in [2.45, 2.75) is 0 Å². The highest BCUT2D eigenvalue weighted by Crippen LogP contribution is 2.41. The van der Waals surface area contributed by atoms with E-state index in [9.17, 15) is 0 Å². The number of ether oxygens (including phenoxy) is 1. The van der Waals surface area contributed by atoms with E-state index in [0.717, 1.165) is 4.70 Å². The maximum atomic E-state index is 6.07. The number of rotatable bonds is 1. The molecule has 0 radical (unpaired) electrons. The Morgan fingerprint density at radius 3 is 2.86 bits per heavy atom. The van der Waals surface area contributed by atoms with Gasteiger partial charge in [-0.2, -0.15) is 0 Å². The van der Waals surface area contributed by atoms with E-state index < -0.39 is 0 Å². The summed E-state index contributed by atoms with van der Waals surface area (Å²) in [5, 5.41) is 1.37. The van der Waals surface area contributed by atoms with Gasteiger partial charge in [-0.3, -0.25) is 0 Å². The molecule has 3 nitrogen and oxygen atoms in total. The third-order valence-corrected chi connectivity index (χ3v) is 3.42. The average Bonchev–Trinajstić information content (AvgIpc) is 2.47. The lowest BCUT2D eigenvalue weighted by Crippen LogP contribution is -1.85. The molecule has 2 rings (SSSR count). The summed E-state index contributed by atoms with van der Waals surface area (Å²) in [4.78, 5) is 4.08. The zero-order chi connectivity index (χ0) is 10.3. The normalized spacial score (nSPS) is 10.8. The Bertz CT molecular complexity index is 498. The summed E-state index contributed by atoms with van der Waals surface area (Å²) in [5.74, 6) is 0.462. The van der Waals surface area contributed by atoms with Crippen LogP contribution in [0.25, 0.3) is 10.2 Å². The highest BCUT2D eigenvalue weighted by atomic mass is 35.5. The van der Waals surface area contributed by atoms with Crippen LogP contribution < -0.4 is 10.5 Å². The van der Waals surface area contributed by atoms with Gasteiger partial charge in [0.1, 0.15) is 5.02 Å². The van der Waals surface area contributed by atoms with E-state index in [1.54, 1.807) is 6.07 Å². The molecule has 14 heavy (non-hydrogen) atoms. The molecule has 0 atom stereocenters. The quantitative estimate of drug-likeness (QED) is 0.844. The van der Waals surface area contributed by atoms with Gasteiger partial charge < -0.3 is 10.5 Å². The lowest BCUT2D eigenvalue weighted by atomic mass is 10.3. The van der Waals surface area contributed by atoms with Crippen molar-refractivity contribution in [2.24, 2.45) is 0 Å². The summed E-state index contributed by atoms with van der Waals surface area (Å²) < 4.78 is 5.86. The molecule has 0 unspecified atom stereocenters. The van der Waals surface area contributed by atoms with Gasteiger partial charge in [-0.1, -0.05) is 34.5 Å². The van der Waals surface area contributed by atoms with Crippen LogP contribution in [0.1, 0.15) is 0 Å². The number of anilines is 1. The van der Waals surface area contributed by atoms with Gasteiger partial charge in [-0.05, 0) is 6.07 Å². The Labute approximate surface area is 94.4 Å². The summed E-state index contributed by atoms with van der Waals surface area (Å²) in [6.07, 6.45) is 0. The minimum atomic E-state index is 0.440. The van der Waals surface area contributed by atoms with Crippen LogP contribution in [0.4, 0.5) is 5.13 Å². The van der Waals surface area contributed by atoms with Crippen LogP contribution in [0.15, 0.2) is 6.07 Å². The van der Waals surface area contributed by atoms with Crippen molar-refractivity contribution in [2.75, 3.05) is 12.8 Å². The van der Waals surface area contributed by atoms with E-state index in [1.807, 2.05) is 0 Å². The first-order valence-electron chi connectivity index (χ1n) is 3.71. The fourth-order valence-corrected chi connectivity index (χ4v) is 2.64. The number of benzene rings is 1. The molecule has 1 heterocycles. The highest BCUT2D eigenvalue weighted by Gasteiger charge is 2.14. The van der Waals surface area contributed by atoms with Crippen LogP contribution in [0.5, 0.6) is 5.75 Å². The van der Waals surface area contributed by atoms with Crippen molar-refractivity contribution in [1.82, 2.24) is 4.98 Å². The number of thiazole rings is 1. The SMILES string of the molecule is COc1c(Cl)cc2nc(N)sc2c1Cl. The fraction of sp³-hybridized carbons (Fsp3) is 0.125. The van der Waals surface area contributed by atoms with E-state index in [1.165, 1.54) is 18.4 Å². The second kappa shape index (κ2) is 3.46. The minimum absolute atomic E-state index is 0.440. The number of nitrogens with zero attached hydrogens (tertiary/aromatic N) is 1. The largest absolute Gasteiger partial charge is 0.494 e. The third-order valence-electron chi connectivity index (χ3n) is 1.75. The second-order valence-electron chi connectivity index (χ2n) is 2.61. The monoisotopic (exact) mass is 248 g/mol. The van der Waals surface area contributed by atoms with Gasteiger partial charge >= 0.3 is 0 Å². The number of halogens is 2. The summed E-state index contributed by atoms with van der Waals surface area (Å²) >= 11 is 13.3. The Kier molecular flexibility index (Phi) is 2.43. The molecule has 0 spiro atoms. The van der Waals surface area contributed by atoms with Crippen LogP contribution in [-0.4, -0.2) is 12.1 Å². The maximum absolute atomic E-state index is 6.07. The van der Waals surface area contributed by atoms with Crippen LogP contribution >= 0.6 is 34.5 Å². The van der Waals surface area contributed by atoms with Gasteiger partial charge in [0, 0.05) is 0 Å². The van der Waals surface area contributed by atoms with Crippen LogP contribution in [0, 0.1) is 0 Å². The van der Waals surface area contributed by atoms with Gasteiger partial charge in [-0.25, -0.2) is 4.98 Å². The fourth-order valence-electron chi connectivity index (χ4n) is 1.18. The van der Waals surface area contributed by atoms with Gasteiger partial charge in [0.05, 0.1) is 22.3 Å². The first-order chi connectivity index (χ1) is 6.63. The van der Waals surface area contributed by atoms with Crippen LogP contribution in [0.2, 0.25) is 10.0 Å². The van der Waals surface area contributed by atoms with Gasteiger partial charge in [0.2, 0.25) is 0 Å². The Balaban J connectivity index is 2.84. The lowest BCUT2D eigenvalue weighted by molar-refractivity contribution is 0.416. The molecule has 2 aromatic rings. The summed E-state index contributed by atoms with van der Waals surface area (Å²) in [6.45, 7) is 0. The van der Waals surface area contributed by atoms with E-state index in [0.29, 0.717) is 26.4 Å². The molecular weight excluding hydrogens is 243 g/mol. The average molecular weight is 249 g/mol. The molecular formula is C8H6Cl2N2OS. The predicted molar refractivity (Wildman–Crippen MR) is 60.6 cm³/mol. The lowest BCUT2D eigenvalue weighted by Gasteiger charge is -2.04. The van der Waals surface area contributed by atoms with Crippen molar-refractivity contribution in [3.05, 3.63) is 16.1 Å². The molecule has 74 valence electrons. The first-order valence-corrected chi connectivity index (χ1v) is 5.28. The van der Waals surface area contributed by atoms with Crippen molar-refractivity contribution >= 4 is 49.9 Å². The number of hydrogen-bond donors (Lipinski definition) is 1. The second-order valence-corrected chi connectivity index (χ2v) is 4.42. The zero-order valence-electron chi connectivity index (χ0n) is 7.17. The van der Waals surface area contributed by atoms with Crippen LogP contribution in [-0.2, 0) is 0 Å². The predicted octanol–water partition coefficient (Wildman–Crippen LogP) is 3.19. The highest BCUT2D eigenvalue weighted by molar-refractivity contribution is 7.22. The standard InChI is InChI=1S/C8H6Cl2N2OS/c1-13-6-3(9)2-4-7(5(6)10)14-8(11)12-4/h2H,1H3,(H2,11,12). The molecule has 1 aromatic carbocycles. The summed E-state index contributed by atoms with van der Waals surface area (Å²) in [7, 11) is 1.52. The first kappa shape index (κ1) is 9.83. The molecule has 0 saturated heterocycles. The molecule has 2 N–H and O–H groups in total. The minimum Gasteiger partial charge on any atom is -0.494 e. The topological polar surface area (TPSA) is 48.1 Å². The third kappa shape index (κ3) is 1.39. The van der Waals surface area contributed by atoms with E-state index in [2.05, 4.69) is 4.98 Å². The smallest absolute Gasteiger partial charge is 0.181 e. The zero-order valence-corrected chi connectivity index (χ0v) is 9.50. The van der Waals surface area contributed by atoms with E-state index in [-0.39, 0.29) is 0 Å². The summed E-state index contributed by atoms with van der Waals surface area (Å²) in [5.41, 5.74) is 6.26.